The number of allylic oxidation sites excluding steroid dienone is 2. The van der Waals surface area contributed by atoms with Gasteiger partial charge in [-0.05, 0) is 36.5 Å². The van der Waals surface area contributed by atoms with E-state index >= 15 is 0 Å². The van der Waals surface area contributed by atoms with Gasteiger partial charge in [0.15, 0.2) is 0 Å². The number of aliphatic hydroxyl groups excluding tert-OH is 1. The van der Waals surface area contributed by atoms with E-state index < -0.39 is 0 Å². The summed E-state index contributed by atoms with van der Waals surface area (Å²) in [5.74, 6) is 3.68. The van der Waals surface area contributed by atoms with Crippen LogP contribution < -0.4 is 0 Å². The molecule has 0 aromatic carbocycles. The Balaban J connectivity index is 1.62. The maximum Gasteiger partial charge on any atom is 0.0443 e. The smallest absolute Gasteiger partial charge is 0.0443 e. The van der Waals surface area contributed by atoms with Gasteiger partial charge in [-0.1, -0.05) is 12.2 Å². The maximum absolute atomic E-state index is 8.81. The Morgan fingerprint density at radius 1 is 1.14 bits per heavy atom. The van der Waals surface area contributed by atoms with Gasteiger partial charge in [-0.25, -0.2) is 0 Å². The Morgan fingerprint density at radius 2 is 1.79 bits per heavy atom. The molecule has 4 unspecified atom stereocenters. The van der Waals surface area contributed by atoms with Crippen LogP contribution in [0.3, 0.4) is 0 Å². The highest BCUT2D eigenvalue weighted by Crippen LogP contribution is 2.51. The molecule has 1 N–H and O–H groups in total. The summed E-state index contributed by atoms with van der Waals surface area (Å²) in [6, 6.07) is 0. The van der Waals surface area contributed by atoms with Crippen LogP contribution >= 0.6 is 0 Å². The average Bonchev–Trinajstić information content (AvgIpc) is 2.85. The van der Waals surface area contributed by atoms with Gasteiger partial charge in [0.05, 0.1) is 0 Å². The van der Waals surface area contributed by atoms with Crippen LogP contribution in [-0.4, -0.2) is 36.2 Å². The van der Waals surface area contributed by atoms with E-state index in [9.17, 15) is 0 Å². The second-order valence-electron chi connectivity index (χ2n) is 5.11. The first-order chi connectivity index (χ1) is 6.88. The molecule has 0 spiro atoms. The monoisotopic (exact) mass is 193 g/mol. The van der Waals surface area contributed by atoms with Crippen molar-refractivity contribution < 1.29 is 5.11 Å². The van der Waals surface area contributed by atoms with Gasteiger partial charge in [0, 0.05) is 26.2 Å². The van der Waals surface area contributed by atoms with Crippen LogP contribution in [0.5, 0.6) is 0 Å². The number of aliphatic hydroxyl groups is 1. The fraction of sp³-hybridized carbons (Fsp3) is 0.833. The Hall–Kier alpha value is -0.340. The number of rotatable bonds is 3. The van der Waals surface area contributed by atoms with Crippen molar-refractivity contribution in [1.29, 1.82) is 0 Å². The first kappa shape index (κ1) is 8.93. The summed E-state index contributed by atoms with van der Waals surface area (Å²) in [6.45, 7) is 4.02. The third-order valence-electron chi connectivity index (χ3n) is 4.37. The summed E-state index contributed by atoms with van der Waals surface area (Å²) < 4.78 is 0. The number of hydrogen-bond acceptors (Lipinski definition) is 2. The molecule has 2 fully saturated rings. The first-order valence-electron chi connectivity index (χ1n) is 5.90. The van der Waals surface area contributed by atoms with E-state index in [2.05, 4.69) is 17.1 Å². The second kappa shape index (κ2) is 3.35. The number of hydrogen-bond donors (Lipinski definition) is 1. The topological polar surface area (TPSA) is 23.5 Å². The van der Waals surface area contributed by atoms with Crippen molar-refractivity contribution in [3.8, 4) is 0 Å². The highest BCUT2D eigenvalue weighted by atomic mass is 16.3. The standard InChI is InChI=1S/C12H19NO/c14-5-1-4-13-7-11-9-2-3-10(6-9)12(11)8-13/h2-3,9-12,14H,1,4-8H2. The van der Waals surface area contributed by atoms with Crippen molar-refractivity contribution in [1.82, 2.24) is 4.90 Å². The minimum atomic E-state index is 0.344. The molecule has 4 atom stereocenters. The van der Waals surface area contributed by atoms with Gasteiger partial charge in [-0.3, -0.25) is 0 Å². The van der Waals surface area contributed by atoms with Gasteiger partial charge in [0.25, 0.3) is 0 Å². The maximum atomic E-state index is 8.81. The predicted molar refractivity (Wildman–Crippen MR) is 55.9 cm³/mol. The van der Waals surface area contributed by atoms with Gasteiger partial charge in [0.1, 0.15) is 0 Å². The third kappa shape index (κ3) is 1.24. The summed E-state index contributed by atoms with van der Waals surface area (Å²) in [6.07, 6.45) is 7.27. The van der Waals surface area contributed by atoms with E-state index in [1.807, 2.05) is 0 Å². The lowest BCUT2D eigenvalue weighted by Crippen LogP contribution is -2.24. The van der Waals surface area contributed by atoms with Gasteiger partial charge < -0.3 is 10.0 Å². The van der Waals surface area contributed by atoms with Crippen molar-refractivity contribution in [2.75, 3.05) is 26.2 Å². The van der Waals surface area contributed by atoms with Crippen LogP contribution in [0, 0.1) is 23.7 Å². The average molecular weight is 193 g/mol. The van der Waals surface area contributed by atoms with Gasteiger partial charge >= 0.3 is 0 Å². The van der Waals surface area contributed by atoms with E-state index in [1.54, 1.807) is 0 Å². The lowest BCUT2D eigenvalue weighted by atomic mass is 9.86. The summed E-state index contributed by atoms with van der Waals surface area (Å²) in [7, 11) is 0. The number of likely N-dealkylation sites (tertiary alicyclic amines) is 1. The van der Waals surface area contributed by atoms with Crippen molar-refractivity contribution in [2.24, 2.45) is 23.7 Å². The van der Waals surface area contributed by atoms with Gasteiger partial charge in [0.2, 0.25) is 0 Å². The fourth-order valence-electron chi connectivity index (χ4n) is 3.72. The molecule has 0 radical (unpaired) electrons. The van der Waals surface area contributed by atoms with Crippen molar-refractivity contribution >= 4 is 0 Å². The Bertz CT molecular complexity index is 231. The summed E-state index contributed by atoms with van der Waals surface area (Å²) >= 11 is 0. The first-order valence-corrected chi connectivity index (χ1v) is 5.90. The van der Waals surface area contributed by atoms with E-state index in [0.29, 0.717) is 6.61 Å². The molecule has 1 saturated heterocycles. The lowest BCUT2D eigenvalue weighted by Gasteiger charge is -2.17. The SMILES string of the molecule is OCCCN1CC2C3C=CC(C3)C2C1. The molecule has 78 valence electrons. The molecule has 2 heteroatoms. The molecule has 1 saturated carbocycles. The predicted octanol–water partition coefficient (Wildman–Crippen LogP) is 1.12. The molecule has 0 amide bonds. The molecule has 2 aliphatic carbocycles. The minimum absolute atomic E-state index is 0.344. The van der Waals surface area contributed by atoms with E-state index in [0.717, 1.165) is 36.6 Å². The van der Waals surface area contributed by atoms with Crippen molar-refractivity contribution in [3.05, 3.63) is 12.2 Å². The molecule has 2 bridgehead atoms. The zero-order valence-corrected chi connectivity index (χ0v) is 8.60. The molecule has 3 aliphatic rings. The highest BCUT2D eigenvalue weighted by molar-refractivity contribution is 5.16. The van der Waals surface area contributed by atoms with Crippen LogP contribution in [-0.2, 0) is 0 Å². The van der Waals surface area contributed by atoms with Crippen LogP contribution in [0.2, 0.25) is 0 Å². The van der Waals surface area contributed by atoms with E-state index in [-0.39, 0.29) is 0 Å². The summed E-state index contributed by atoms with van der Waals surface area (Å²) in [4.78, 5) is 2.55. The van der Waals surface area contributed by atoms with Crippen LogP contribution in [0.15, 0.2) is 12.2 Å². The van der Waals surface area contributed by atoms with Crippen molar-refractivity contribution in [2.45, 2.75) is 12.8 Å². The molecular formula is C12H19NO. The largest absolute Gasteiger partial charge is 0.396 e. The normalized spacial score (nSPS) is 44.9. The molecule has 0 aromatic heterocycles. The third-order valence-corrected chi connectivity index (χ3v) is 4.37. The van der Waals surface area contributed by atoms with Crippen LogP contribution in [0.25, 0.3) is 0 Å². The molecule has 14 heavy (non-hydrogen) atoms. The molecule has 1 heterocycles. The molecule has 0 aromatic rings. The molecule has 3 rings (SSSR count). The fourth-order valence-corrected chi connectivity index (χ4v) is 3.72. The van der Waals surface area contributed by atoms with E-state index in [4.69, 9.17) is 5.11 Å². The summed E-state index contributed by atoms with van der Waals surface area (Å²) in [5, 5.41) is 8.81. The van der Waals surface area contributed by atoms with Crippen LogP contribution in [0.1, 0.15) is 12.8 Å². The second-order valence-corrected chi connectivity index (χ2v) is 5.11. The quantitative estimate of drug-likeness (QED) is 0.679. The molecule has 1 aliphatic heterocycles. The Kier molecular flexibility index (Phi) is 2.14. The molecule has 2 nitrogen and oxygen atoms in total. The molecular weight excluding hydrogens is 174 g/mol. The van der Waals surface area contributed by atoms with Gasteiger partial charge in [-0.15, -0.1) is 0 Å². The number of nitrogens with zero attached hydrogens (tertiary/aromatic N) is 1. The zero-order chi connectivity index (χ0) is 9.54. The highest BCUT2D eigenvalue weighted by Gasteiger charge is 2.48. The Morgan fingerprint density at radius 3 is 2.36 bits per heavy atom. The minimum Gasteiger partial charge on any atom is -0.396 e. The Labute approximate surface area is 85.6 Å². The van der Waals surface area contributed by atoms with Gasteiger partial charge in [-0.2, -0.15) is 0 Å². The number of fused-ring (bicyclic) bond motifs is 5. The zero-order valence-electron chi connectivity index (χ0n) is 8.60. The summed E-state index contributed by atoms with van der Waals surface area (Å²) in [5.41, 5.74) is 0. The lowest BCUT2D eigenvalue weighted by molar-refractivity contribution is 0.236. The van der Waals surface area contributed by atoms with E-state index in [1.165, 1.54) is 19.5 Å². The van der Waals surface area contributed by atoms with Crippen molar-refractivity contribution in [3.63, 3.8) is 0 Å². The van der Waals surface area contributed by atoms with Crippen LogP contribution in [0.4, 0.5) is 0 Å².